The van der Waals surface area contributed by atoms with Crippen molar-refractivity contribution in [2.24, 2.45) is 10.7 Å². The lowest BCUT2D eigenvalue weighted by Crippen LogP contribution is -2.36. The van der Waals surface area contributed by atoms with Crippen LogP contribution in [0.15, 0.2) is 59.9 Å². The standard InChI is InChI=1S/C25H20F3N7O4/c26-25(27,28)13-6-7-19-15(10-13)17(12-34(19)9-3-8-30-24(29)33-35(38)39)21-20(22(36)32-23(21)37)16-11-31-18-5-2-1-4-14(16)18/h1-2,4-7,10-12,31H,3,8-9H2,(H3,29,30,33)(H,32,36,37). The summed E-state index contributed by atoms with van der Waals surface area (Å²) in [6.07, 6.45) is -1.20. The number of benzene rings is 2. The molecule has 1 aliphatic rings. The summed E-state index contributed by atoms with van der Waals surface area (Å²) in [7, 11) is 0. The molecule has 2 aromatic heterocycles. The van der Waals surface area contributed by atoms with Gasteiger partial charge in [0.1, 0.15) is 0 Å². The maximum absolute atomic E-state index is 13.6. The van der Waals surface area contributed by atoms with Crippen LogP contribution in [0.1, 0.15) is 23.1 Å². The molecule has 3 heterocycles. The topological polar surface area (TPSA) is 160 Å². The Morgan fingerprint density at radius 3 is 2.51 bits per heavy atom. The van der Waals surface area contributed by atoms with Crippen molar-refractivity contribution in [3.63, 3.8) is 0 Å². The smallest absolute Gasteiger partial charge is 0.365 e. The van der Waals surface area contributed by atoms with Crippen molar-refractivity contribution in [2.75, 3.05) is 6.54 Å². The number of nitrogens with one attached hydrogen (secondary N) is 3. The Kier molecular flexibility index (Phi) is 6.30. The molecule has 0 radical (unpaired) electrons. The number of nitrogens with zero attached hydrogens (tertiary/aromatic N) is 3. The fraction of sp³-hybridized carbons (Fsp3) is 0.160. The zero-order valence-corrected chi connectivity index (χ0v) is 20.0. The van der Waals surface area contributed by atoms with Gasteiger partial charge in [-0.05, 0) is 30.7 Å². The van der Waals surface area contributed by atoms with Crippen LogP contribution in [0.5, 0.6) is 0 Å². The van der Waals surface area contributed by atoms with Gasteiger partial charge >= 0.3 is 6.18 Å². The number of nitrogens with two attached hydrogens (primary N) is 1. The van der Waals surface area contributed by atoms with Crippen molar-refractivity contribution in [2.45, 2.75) is 19.1 Å². The zero-order valence-electron chi connectivity index (χ0n) is 20.0. The lowest BCUT2D eigenvalue weighted by molar-refractivity contribution is -0.525. The summed E-state index contributed by atoms with van der Waals surface area (Å²) >= 11 is 0. The van der Waals surface area contributed by atoms with E-state index >= 15 is 0 Å². The Balaban J connectivity index is 1.63. The first-order chi connectivity index (χ1) is 18.5. The molecule has 0 spiro atoms. The maximum Gasteiger partial charge on any atom is 0.416 e. The second-order valence-corrected chi connectivity index (χ2v) is 8.74. The molecule has 2 aromatic carbocycles. The molecule has 0 atom stereocenters. The van der Waals surface area contributed by atoms with Crippen molar-refractivity contribution in [1.29, 1.82) is 0 Å². The van der Waals surface area contributed by atoms with E-state index in [9.17, 15) is 32.9 Å². The van der Waals surface area contributed by atoms with Crippen LogP contribution in [0.2, 0.25) is 0 Å². The van der Waals surface area contributed by atoms with Gasteiger partial charge in [0.25, 0.3) is 17.8 Å². The molecule has 0 aliphatic carbocycles. The normalized spacial score (nSPS) is 14.5. The molecule has 0 bridgehead atoms. The van der Waals surface area contributed by atoms with Gasteiger partial charge in [0.2, 0.25) is 0 Å². The number of alkyl halides is 3. The number of halogens is 3. The number of para-hydroxylation sites is 1. The Bertz CT molecular complexity index is 1720. The Hall–Kier alpha value is -5.14. The molecule has 200 valence electrons. The summed E-state index contributed by atoms with van der Waals surface area (Å²) in [5.41, 5.74) is 7.98. The molecule has 0 fully saturated rings. The van der Waals surface area contributed by atoms with Crippen LogP contribution in [0.4, 0.5) is 13.2 Å². The number of carbonyl (C=O) groups excluding carboxylic acids is 2. The highest BCUT2D eigenvalue weighted by Gasteiger charge is 2.36. The van der Waals surface area contributed by atoms with Gasteiger partial charge < -0.3 is 15.3 Å². The number of aryl methyl sites for hydroxylation is 1. The molecular weight excluding hydrogens is 519 g/mol. The number of hydrogen-bond acceptors (Lipinski definition) is 5. The number of aromatic amines is 1. The fourth-order valence-corrected chi connectivity index (χ4v) is 4.67. The molecule has 5 rings (SSSR count). The van der Waals surface area contributed by atoms with Crippen LogP contribution in [-0.4, -0.2) is 38.9 Å². The van der Waals surface area contributed by atoms with Gasteiger partial charge in [-0.2, -0.15) is 13.2 Å². The first-order valence-corrected chi connectivity index (χ1v) is 11.6. The third-order valence-corrected chi connectivity index (χ3v) is 6.31. The van der Waals surface area contributed by atoms with Gasteiger partial charge in [-0.25, -0.2) is 15.1 Å². The Labute approximate surface area is 217 Å². The quantitative estimate of drug-likeness (QED) is 0.0705. The van der Waals surface area contributed by atoms with Gasteiger partial charge in [0.15, 0.2) is 5.03 Å². The summed E-state index contributed by atoms with van der Waals surface area (Å²) in [5.74, 6) is -1.77. The molecule has 0 unspecified atom stereocenters. The molecular formula is C25H20F3N7O4. The van der Waals surface area contributed by atoms with Crippen LogP contribution in [0, 0.1) is 10.1 Å². The van der Waals surface area contributed by atoms with Crippen LogP contribution in [0.3, 0.4) is 0 Å². The first-order valence-electron chi connectivity index (χ1n) is 11.6. The molecule has 14 heteroatoms. The summed E-state index contributed by atoms with van der Waals surface area (Å²) in [6.45, 7) is 0.326. The third kappa shape index (κ3) is 4.79. The number of rotatable bonds is 7. The van der Waals surface area contributed by atoms with Gasteiger partial charge in [-0.15, -0.1) is 0 Å². The number of nitro groups is 1. The molecule has 0 saturated heterocycles. The minimum absolute atomic E-state index is 0.0368. The molecule has 5 N–H and O–H groups in total. The van der Waals surface area contributed by atoms with Crippen molar-refractivity contribution < 1.29 is 27.8 Å². The van der Waals surface area contributed by atoms with Crippen LogP contribution < -0.4 is 16.5 Å². The highest BCUT2D eigenvalue weighted by molar-refractivity contribution is 6.50. The van der Waals surface area contributed by atoms with Gasteiger partial charge in [0, 0.05) is 58.4 Å². The fourth-order valence-electron chi connectivity index (χ4n) is 4.67. The second-order valence-electron chi connectivity index (χ2n) is 8.74. The van der Waals surface area contributed by atoms with E-state index in [1.54, 1.807) is 40.5 Å². The van der Waals surface area contributed by atoms with Gasteiger partial charge in [-0.3, -0.25) is 14.9 Å². The van der Waals surface area contributed by atoms with Crippen LogP contribution >= 0.6 is 0 Å². The number of carbonyl (C=O) groups is 2. The van der Waals surface area contributed by atoms with E-state index in [4.69, 9.17) is 5.73 Å². The van der Waals surface area contributed by atoms with E-state index in [-0.39, 0.29) is 41.1 Å². The predicted molar refractivity (Wildman–Crippen MR) is 136 cm³/mol. The average molecular weight is 539 g/mol. The van der Waals surface area contributed by atoms with Crippen LogP contribution in [0.25, 0.3) is 33.0 Å². The monoisotopic (exact) mass is 539 g/mol. The molecule has 0 saturated carbocycles. The summed E-state index contributed by atoms with van der Waals surface area (Å²) < 4.78 is 42.5. The van der Waals surface area contributed by atoms with E-state index in [0.717, 1.165) is 17.6 Å². The molecule has 2 amide bonds. The predicted octanol–water partition coefficient (Wildman–Crippen LogP) is 3.19. The first kappa shape index (κ1) is 25.5. The maximum atomic E-state index is 13.6. The van der Waals surface area contributed by atoms with Crippen molar-refractivity contribution in [1.82, 2.24) is 20.3 Å². The third-order valence-electron chi connectivity index (χ3n) is 6.31. The number of aromatic nitrogens is 2. The highest BCUT2D eigenvalue weighted by atomic mass is 19.4. The molecule has 1 aliphatic heterocycles. The van der Waals surface area contributed by atoms with Gasteiger partial charge in [-0.1, -0.05) is 23.6 Å². The molecule has 39 heavy (non-hydrogen) atoms. The Morgan fingerprint density at radius 1 is 1.08 bits per heavy atom. The number of aliphatic imine (C=N–C) groups is 1. The molecule has 4 aromatic rings. The number of fused-ring (bicyclic) bond motifs is 2. The van der Waals surface area contributed by atoms with Gasteiger partial charge in [0.05, 0.1) is 16.7 Å². The summed E-state index contributed by atoms with van der Waals surface area (Å²) in [6, 6.07) is 10.3. The van der Waals surface area contributed by atoms with Crippen molar-refractivity contribution >= 4 is 50.7 Å². The minimum Gasteiger partial charge on any atom is -0.365 e. The van der Waals surface area contributed by atoms with E-state index in [0.29, 0.717) is 22.9 Å². The Morgan fingerprint density at radius 2 is 1.79 bits per heavy atom. The average Bonchev–Trinajstić information content (AvgIpc) is 3.53. The lowest BCUT2D eigenvalue weighted by atomic mass is 9.95. The number of amides is 2. The number of imide groups is 1. The van der Waals surface area contributed by atoms with E-state index < -0.39 is 28.6 Å². The zero-order chi connectivity index (χ0) is 27.9. The SMILES string of the molecule is NC(=NCCCn1cc(C2=C(c3c[nH]c4ccccc34)C(=O)NC2=O)c2cc(C(F)(F)F)ccc21)N[N+](=O)[O-]. The summed E-state index contributed by atoms with van der Waals surface area (Å²) in [4.78, 5) is 43.4. The van der Waals surface area contributed by atoms with Crippen LogP contribution in [-0.2, 0) is 22.3 Å². The highest BCUT2D eigenvalue weighted by Crippen LogP contribution is 2.40. The number of hydrazine groups is 1. The summed E-state index contributed by atoms with van der Waals surface area (Å²) in [5, 5.41) is 12.7. The van der Waals surface area contributed by atoms with E-state index in [2.05, 4.69) is 15.3 Å². The van der Waals surface area contributed by atoms with E-state index in [1.165, 1.54) is 12.3 Å². The second kappa shape index (κ2) is 9.63. The lowest BCUT2D eigenvalue weighted by Gasteiger charge is -2.08. The number of H-pyrrole nitrogens is 1. The largest absolute Gasteiger partial charge is 0.416 e. The molecule has 11 nitrogen and oxygen atoms in total. The van der Waals surface area contributed by atoms with Crippen molar-refractivity contribution in [3.8, 4) is 0 Å². The number of hydrogen-bond donors (Lipinski definition) is 4. The number of guanidine groups is 1. The minimum atomic E-state index is -4.63. The van der Waals surface area contributed by atoms with E-state index in [1.807, 2.05) is 0 Å². The van der Waals surface area contributed by atoms with Crippen molar-refractivity contribution in [3.05, 3.63) is 81.7 Å².